The molecular formula is C16H22N2OS. The molecule has 0 aliphatic carbocycles. The second kappa shape index (κ2) is 7.41. The van der Waals surface area contributed by atoms with E-state index in [0.29, 0.717) is 12.5 Å². The van der Waals surface area contributed by atoms with Gasteiger partial charge in [-0.25, -0.2) is 4.98 Å². The zero-order chi connectivity index (χ0) is 14.4. The first kappa shape index (κ1) is 15.0. The Morgan fingerprint density at radius 2 is 2.00 bits per heavy atom. The SMILES string of the molecule is CNCc1csc(CCOc2ccc(C(C)C)cc2)n1. The number of ether oxygens (including phenoxy) is 1. The van der Waals surface area contributed by atoms with E-state index in [1.807, 2.05) is 19.2 Å². The van der Waals surface area contributed by atoms with Gasteiger partial charge in [-0.3, -0.25) is 0 Å². The van der Waals surface area contributed by atoms with Gasteiger partial charge in [0.1, 0.15) is 5.75 Å². The highest BCUT2D eigenvalue weighted by Crippen LogP contribution is 2.19. The molecule has 0 spiro atoms. The van der Waals surface area contributed by atoms with Crippen LogP contribution in [0.15, 0.2) is 29.6 Å². The van der Waals surface area contributed by atoms with Crippen LogP contribution in [-0.2, 0) is 13.0 Å². The third-order valence-electron chi connectivity index (χ3n) is 3.09. The number of hydrogen-bond acceptors (Lipinski definition) is 4. The first-order valence-corrected chi connectivity index (χ1v) is 7.87. The predicted octanol–water partition coefficient (Wildman–Crippen LogP) is 3.61. The summed E-state index contributed by atoms with van der Waals surface area (Å²) in [6.07, 6.45) is 0.861. The van der Waals surface area contributed by atoms with Gasteiger partial charge >= 0.3 is 0 Å². The van der Waals surface area contributed by atoms with Crippen LogP contribution >= 0.6 is 11.3 Å². The summed E-state index contributed by atoms with van der Waals surface area (Å²) in [5, 5.41) is 6.34. The Hall–Kier alpha value is -1.39. The van der Waals surface area contributed by atoms with E-state index >= 15 is 0 Å². The third kappa shape index (κ3) is 4.32. The van der Waals surface area contributed by atoms with Gasteiger partial charge in [0, 0.05) is 18.3 Å². The van der Waals surface area contributed by atoms with Crippen LogP contribution in [0.5, 0.6) is 5.75 Å². The second-order valence-electron chi connectivity index (χ2n) is 5.09. The summed E-state index contributed by atoms with van der Waals surface area (Å²) in [4.78, 5) is 4.54. The van der Waals surface area contributed by atoms with E-state index in [0.717, 1.165) is 29.4 Å². The molecule has 0 unspecified atom stereocenters. The highest BCUT2D eigenvalue weighted by atomic mass is 32.1. The molecular weight excluding hydrogens is 268 g/mol. The molecule has 108 valence electrons. The van der Waals surface area contributed by atoms with Crippen molar-refractivity contribution in [2.45, 2.75) is 32.7 Å². The van der Waals surface area contributed by atoms with Crippen LogP contribution in [0, 0.1) is 0 Å². The Morgan fingerprint density at radius 1 is 1.25 bits per heavy atom. The molecule has 1 aromatic carbocycles. The maximum atomic E-state index is 5.76. The summed E-state index contributed by atoms with van der Waals surface area (Å²) in [6, 6.07) is 8.36. The van der Waals surface area contributed by atoms with E-state index in [9.17, 15) is 0 Å². The number of rotatable bonds is 7. The average Bonchev–Trinajstić information content (AvgIpc) is 2.87. The summed E-state index contributed by atoms with van der Waals surface area (Å²) in [6.45, 7) is 5.89. The molecule has 0 aliphatic heterocycles. The van der Waals surface area contributed by atoms with Crippen molar-refractivity contribution < 1.29 is 4.74 Å². The van der Waals surface area contributed by atoms with E-state index in [4.69, 9.17) is 4.74 Å². The first-order chi connectivity index (χ1) is 9.69. The van der Waals surface area contributed by atoms with Crippen molar-refractivity contribution in [3.8, 4) is 5.75 Å². The minimum absolute atomic E-state index is 0.560. The van der Waals surface area contributed by atoms with Crippen LogP contribution < -0.4 is 10.1 Å². The molecule has 2 aromatic rings. The Labute approximate surface area is 125 Å². The van der Waals surface area contributed by atoms with Gasteiger partial charge in [0.2, 0.25) is 0 Å². The summed E-state index contributed by atoms with van der Waals surface area (Å²) in [5.41, 5.74) is 2.45. The lowest BCUT2D eigenvalue weighted by atomic mass is 10.0. The van der Waals surface area contributed by atoms with Crippen molar-refractivity contribution in [3.05, 3.63) is 45.9 Å². The molecule has 1 N–H and O–H groups in total. The Morgan fingerprint density at radius 3 is 2.65 bits per heavy atom. The fourth-order valence-corrected chi connectivity index (χ4v) is 2.71. The highest BCUT2D eigenvalue weighted by Gasteiger charge is 2.03. The zero-order valence-corrected chi connectivity index (χ0v) is 13.2. The Bertz CT molecular complexity index is 520. The summed E-state index contributed by atoms with van der Waals surface area (Å²) >= 11 is 1.70. The number of benzene rings is 1. The minimum atomic E-state index is 0.560. The lowest BCUT2D eigenvalue weighted by Crippen LogP contribution is -2.06. The van der Waals surface area contributed by atoms with Crippen molar-refractivity contribution in [3.63, 3.8) is 0 Å². The molecule has 4 heteroatoms. The lowest BCUT2D eigenvalue weighted by Gasteiger charge is -2.08. The van der Waals surface area contributed by atoms with E-state index in [2.05, 4.69) is 41.7 Å². The van der Waals surface area contributed by atoms with Gasteiger partial charge < -0.3 is 10.1 Å². The molecule has 0 atom stereocenters. The van der Waals surface area contributed by atoms with Gasteiger partial charge in [0.25, 0.3) is 0 Å². The molecule has 3 nitrogen and oxygen atoms in total. The molecule has 0 saturated heterocycles. The number of hydrogen-bond donors (Lipinski definition) is 1. The van der Waals surface area contributed by atoms with Gasteiger partial charge in [-0.15, -0.1) is 11.3 Å². The normalized spacial score (nSPS) is 11.0. The van der Waals surface area contributed by atoms with E-state index < -0.39 is 0 Å². The molecule has 0 amide bonds. The molecule has 1 heterocycles. The number of nitrogens with zero attached hydrogens (tertiary/aromatic N) is 1. The van der Waals surface area contributed by atoms with Gasteiger partial charge in [-0.05, 0) is 30.7 Å². The van der Waals surface area contributed by atoms with Crippen LogP contribution in [0.1, 0.15) is 36.0 Å². The first-order valence-electron chi connectivity index (χ1n) is 6.99. The smallest absolute Gasteiger partial charge is 0.119 e. The highest BCUT2D eigenvalue weighted by molar-refractivity contribution is 7.09. The van der Waals surface area contributed by atoms with E-state index in [1.165, 1.54) is 5.56 Å². The molecule has 1 aromatic heterocycles. The van der Waals surface area contributed by atoms with Crippen molar-refractivity contribution in [2.24, 2.45) is 0 Å². The summed E-state index contributed by atoms with van der Waals surface area (Å²) in [5.74, 6) is 1.49. The van der Waals surface area contributed by atoms with Crippen LogP contribution in [-0.4, -0.2) is 18.6 Å². The maximum Gasteiger partial charge on any atom is 0.119 e. The lowest BCUT2D eigenvalue weighted by molar-refractivity contribution is 0.321. The maximum absolute atomic E-state index is 5.76. The van der Waals surface area contributed by atoms with Gasteiger partial charge in [-0.1, -0.05) is 26.0 Å². The van der Waals surface area contributed by atoms with Gasteiger partial charge in [0.05, 0.1) is 17.3 Å². The Kier molecular flexibility index (Phi) is 5.56. The van der Waals surface area contributed by atoms with Crippen LogP contribution in [0.3, 0.4) is 0 Å². The molecule has 0 bridgehead atoms. The summed E-state index contributed by atoms with van der Waals surface area (Å²) < 4.78 is 5.76. The zero-order valence-electron chi connectivity index (χ0n) is 12.3. The van der Waals surface area contributed by atoms with E-state index in [-0.39, 0.29) is 0 Å². The Balaban J connectivity index is 1.79. The molecule has 0 fully saturated rings. The van der Waals surface area contributed by atoms with Crippen molar-refractivity contribution >= 4 is 11.3 Å². The topological polar surface area (TPSA) is 34.1 Å². The summed E-state index contributed by atoms with van der Waals surface area (Å²) in [7, 11) is 1.93. The molecule has 0 radical (unpaired) electrons. The average molecular weight is 290 g/mol. The monoisotopic (exact) mass is 290 g/mol. The largest absolute Gasteiger partial charge is 0.493 e. The molecule has 0 saturated carbocycles. The fraction of sp³-hybridized carbons (Fsp3) is 0.438. The predicted molar refractivity (Wildman–Crippen MR) is 84.6 cm³/mol. The van der Waals surface area contributed by atoms with Gasteiger partial charge in [0.15, 0.2) is 0 Å². The van der Waals surface area contributed by atoms with Crippen LogP contribution in [0.25, 0.3) is 0 Å². The van der Waals surface area contributed by atoms with E-state index in [1.54, 1.807) is 11.3 Å². The van der Waals surface area contributed by atoms with Crippen LogP contribution in [0.4, 0.5) is 0 Å². The second-order valence-corrected chi connectivity index (χ2v) is 6.03. The molecule has 2 rings (SSSR count). The quantitative estimate of drug-likeness (QED) is 0.846. The van der Waals surface area contributed by atoms with Crippen molar-refractivity contribution in [2.75, 3.05) is 13.7 Å². The third-order valence-corrected chi connectivity index (χ3v) is 4.05. The van der Waals surface area contributed by atoms with Crippen LogP contribution in [0.2, 0.25) is 0 Å². The standard InChI is InChI=1S/C16H22N2OS/c1-12(2)13-4-6-15(7-5-13)19-9-8-16-18-14(10-17-3)11-20-16/h4-7,11-12,17H,8-10H2,1-3H3. The number of thiazole rings is 1. The number of nitrogens with one attached hydrogen (secondary N) is 1. The molecule has 0 aliphatic rings. The molecule has 20 heavy (non-hydrogen) atoms. The minimum Gasteiger partial charge on any atom is -0.493 e. The fourth-order valence-electron chi connectivity index (χ4n) is 1.93. The van der Waals surface area contributed by atoms with Crippen molar-refractivity contribution in [1.82, 2.24) is 10.3 Å². The van der Waals surface area contributed by atoms with Gasteiger partial charge in [-0.2, -0.15) is 0 Å². The van der Waals surface area contributed by atoms with Crippen molar-refractivity contribution in [1.29, 1.82) is 0 Å². The number of aromatic nitrogens is 1.